The van der Waals surface area contributed by atoms with Crippen molar-refractivity contribution in [3.63, 3.8) is 0 Å². The van der Waals surface area contributed by atoms with Crippen molar-refractivity contribution in [3.8, 4) is 6.07 Å². The lowest BCUT2D eigenvalue weighted by atomic mass is 10.2. The van der Waals surface area contributed by atoms with Gasteiger partial charge in [-0.3, -0.25) is 4.79 Å². The molecule has 0 fully saturated rings. The highest BCUT2D eigenvalue weighted by atomic mass is 32.2. The van der Waals surface area contributed by atoms with Gasteiger partial charge < -0.3 is 15.7 Å². The molecule has 1 amide bonds. The highest BCUT2D eigenvalue weighted by Crippen LogP contribution is 2.13. The highest BCUT2D eigenvalue weighted by Gasteiger charge is 2.11. The van der Waals surface area contributed by atoms with Gasteiger partial charge in [-0.25, -0.2) is 13.6 Å². The molecule has 8 nitrogen and oxygen atoms in total. The Morgan fingerprint density at radius 2 is 1.92 bits per heavy atom. The molecule has 9 heteroatoms. The molecule has 5 N–H and O–H groups in total. The molecular formula is C15H20N4O4S. The van der Waals surface area contributed by atoms with Crippen LogP contribution in [0.25, 0.3) is 0 Å². The van der Waals surface area contributed by atoms with E-state index in [0.29, 0.717) is 18.7 Å². The number of nitrogens with one attached hydrogen (secondary N) is 2. The Labute approximate surface area is 141 Å². The van der Waals surface area contributed by atoms with Crippen LogP contribution in [0.1, 0.15) is 19.3 Å². The van der Waals surface area contributed by atoms with E-state index in [1.54, 1.807) is 6.07 Å². The number of carbonyl (C=O) groups is 1. The lowest BCUT2D eigenvalue weighted by Gasteiger charge is -2.06. The summed E-state index contributed by atoms with van der Waals surface area (Å²) in [7, 11) is -3.79. The fraction of sp³-hybridized carbons (Fsp3) is 0.333. The largest absolute Gasteiger partial charge is 0.396 e. The molecule has 0 heterocycles. The van der Waals surface area contributed by atoms with Crippen molar-refractivity contribution in [2.75, 3.05) is 18.5 Å². The van der Waals surface area contributed by atoms with Gasteiger partial charge in [0.1, 0.15) is 11.6 Å². The molecule has 0 saturated carbocycles. The van der Waals surface area contributed by atoms with Gasteiger partial charge in [-0.1, -0.05) is 0 Å². The highest BCUT2D eigenvalue weighted by molar-refractivity contribution is 7.89. The van der Waals surface area contributed by atoms with Crippen molar-refractivity contribution in [2.45, 2.75) is 24.2 Å². The topological polar surface area (TPSA) is 145 Å². The van der Waals surface area contributed by atoms with Crippen molar-refractivity contribution in [3.05, 3.63) is 36.0 Å². The van der Waals surface area contributed by atoms with Crippen LogP contribution in [0.15, 0.2) is 40.9 Å². The van der Waals surface area contributed by atoms with Crippen LogP contribution in [0.3, 0.4) is 0 Å². The second-order valence-corrected chi connectivity index (χ2v) is 6.49. The van der Waals surface area contributed by atoms with E-state index in [9.17, 15) is 13.2 Å². The fourth-order valence-electron chi connectivity index (χ4n) is 1.76. The number of aliphatic hydroxyl groups is 1. The number of nitriles is 1. The van der Waals surface area contributed by atoms with Crippen LogP contribution < -0.4 is 15.8 Å². The van der Waals surface area contributed by atoms with Gasteiger partial charge in [0.05, 0.1) is 4.90 Å². The number of primary sulfonamides is 1. The molecule has 1 aromatic rings. The van der Waals surface area contributed by atoms with Gasteiger partial charge in [0.25, 0.3) is 5.91 Å². The molecule has 0 aliphatic rings. The number of hydrogen-bond acceptors (Lipinski definition) is 6. The minimum Gasteiger partial charge on any atom is -0.396 e. The number of amides is 1. The SMILES string of the molecule is N#C/C(=C/NCCCCCO)C(=O)Nc1ccc(S(N)(=O)=O)cc1. The maximum Gasteiger partial charge on any atom is 0.267 e. The Bertz CT molecular complexity index is 721. The Balaban J connectivity index is 2.59. The first-order valence-corrected chi connectivity index (χ1v) is 8.82. The number of rotatable bonds is 9. The molecule has 1 aromatic carbocycles. The maximum atomic E-state index is 12.0. The summed E-state index contributed by atoms with van der Waals surface area (Å²) in [5.74, 6) is -0.608. The van der Waals surface area contributed by atoms with Crippen molar-refractivity contribution in [1.82, 2.24) is 5.32 Å². The standard InChI is InChI=1S/C15H20N4O4S/c16-10-12(11-18-8-2-1-3-9-20)15(21)19-13-4-6-14(7-5-13)24(17,22)23/h4-7,11,18,20H,1-3,8-9H2,(H,19,21)(H2,17,22,23)/b12-11-. The summed E-state index contributed by atoms with van der Waals surface area (Å²) in [5, 5.41) is 28.0. The normalized spacial score (nSPS) is 11.6. The van der Waals surface area contributed by atoms with Gasteiger partial charge in [0.15, 0.2) is 0 Å². The quantitative estimate of drug-likeness (QED) is 0.288. The Kier molecular flexibility index (Phi) is 7.91. The zero-order valence-electron chi connectivity index (χ0n) is 13.0. The predicted molar refractivity (Wildman–Crippen MR) is 89.1 cm³/mol. The third kappa shape index (κ3) is 6.78. The molecule has 0 atom stereocenters. The lowest BCUT2D eigenvalue weighted by Crippen LogP contribution is -2.17. The number of unbranched alkanes of at least 4 members (excludes halogenated alkanes) is 2. The molecule has 0 aliphatic heterocycles. The first-order valence-electron chi connectivity index (χ1n) is 7.27. The monoisotopic (exact) mass is 352 g/mol. The van der Waals surface area contributed by atoms with E-state index in [4.69, 9.17) is 15.5 Å². The molecule has 24 heavy (non-hydrogen) atoms. The Hall–Kier alpha value is -2.41. The van der Waals surface area contributed by atoms with Crippen molar-refractivity contribution < 1.29 is 18.3 Å². The number of hydrogen-bond donors (Lipinski definition) is 4. The van der Waals surface area contributed by atoms with Gasteiger partial charge in [-0.05, 0) is 43.5 Å². The number of carbonyl (C=O) groups excluding carboxylic acids is 1. The van der Waals surface area contributed by atoms with Crippen LogP contribution in [-0.2, 0) is 14.8 Å². The molecule has 0 aliphatic carbocycles. The maximum absolute atomic E-state index is 12.0. The summed E-state index contributed by atoms with van der Waals surface area (Å²) in [4.78, 5) is 11.9. The van der Waals surface area contributed by atoms with E-state index in [-0.39, 0.29) is 17.1 Å². The number of nitrogens with two attached hydrogens (primary N) is 1. The molecule has 0 spiro atoms. The van der Waals surface area contributed by atoms with Crippen molar-refractivity contribution in [2.24, 2.45) is 5.14 Å². The van der Waals surface area contributed by atoms with Crippen LogP contribution in [0, 0.1) is 11.3 Å². The number of aliphatic hydroxyl groups excluding tert-OH is 1. The third-order valence-corrected chi connectivity index (χ3v) is 3.96. The van der Waals surface area contributed by atoms with E-state index in [1.165, 1.54) is 30.5 Å². The van der Waals surface area contributed by atoms with Gasteiger partial charge >= 0.3 is 0 Å². The van der Waals surface area contributed by atoms with Crippen LogP contribution >= 0.6 is 0 Å². The molecular weight excluding hydrogens is 332 g/mol. The smallest absolute Gasteiger partial charge is 0.267 e. The first-order chi connectivity index (χ1) is 11.4. The van der Waals surface area contributed by atoms with Gasteiger partial charge in [-0.2, -0.15) is 5.26 Å². The average Bonchev–Trinajstić information content (AvgIpc) is 2.54. The van der Waals surface area contributed by atoms with Crippen molar-refractivity contribution >= 4 is 21.6 Å². The van der Waals surface area contributed by atoms with Gasteiger partial charge in [-0.15, -0.1) is 0 Å². The van der Waals surface area contributed by atoms with E-state index in [0.717, 1.165) is 12.8 Å². The Morgan fingerprint density at radius 1 is 1.25 bits per heavy atom. The molecule has 0 saturated heterocycles. The second-order valence-electron chi connectivity index (χ2n) is 4.93. The molecule has 0 unspecified atom stereocenters. The van der Waals surface area contributed by atoms with Gasteiger partial charge in [0.2, 0.25) is 10.0 Å². The molecule has 0 bridgehead atoms. The minimum absolute atomic E-state index is 0.0684. The van der Waals surface area contributed by atoms with Gasteiger partial charge in [0, 0.05) is 25.0 Å². The van der Waals surface area contributed by atoms with Crippen LogP contribution in [0.5, 0.6) is 0 Å². The third-order valence-electron chi connectivity index (χ3n) is 3.03. The van der Waals surface area contributed by atoms with Crippen molar-refractivity contribution in [1.29, 1.82) is 5.26 Å². The average molecular weight is 352 g/mol. The van der Waals surface area contributed by atoms with E-state index in [2.05, 4.69) is 10.6 Å². The first kappa shape index (κ1) is 19.6. The zero-order chi connectivity index (χ0) is 18.0. The number of benzene rings is 1. The van der Waals surface area contributed by atoms with Crippen LogP contribution in [0.2, 0.25) is 0 Å². The van der Waals surface area contributed by atoms with E-state index in [1.807, 2.05) is 0 Å². The number of sulfonamides is 1. The van der Waals surface area contributed by atoms with E-state index >= 15 is 0 Å². The van der Waals surface area contributed by atoms with Crippen LogP contribution in [-0.4, -0.2) is 32.6 Å². The summed E-state index contributed by atoms with van der Waals surface area (Å²) in [5.41, 5.74) is 0.240. The molecule has 130 valence electrons. The summed E-state index contributed by atoms with van der Waals surface area (Å²) < 4.78 is 22.3. The summed E-state index contributed by atoms with van der Waals surface area (Å²) in [6, 6.07) is 7.09. The number of anilines is 1. The Morgan fingerprint density at radius 3 is 2.46 bits per heavy atom. The predicted octanol–water partition coefficient (Wildman–Crippen LogP) is 0.432. The molecule has 0 radical (unpaired) electrons. The fourth-order valence-corrected chi connectivity index (χ4v) is 2.28. The summed E-state index contributed by atoms with van der Waals surface area (Å²) in [6.07, 6.45) is 3.70. The minimum atomic E-state index is -3.79. The summed E-state index contributed by atoms with van der Waals surface area (Å²) in [6.45, 7) is 0.730. The lowest BCUT2D eigenvalue weighted by molar-refractivity contribution is -0.112. The summed E-state index contributed by atoms with van der Waals surface area (Å²) >= 11 is 0. The number of nitrogens with zero attached hydrogens (tertiary/aromatic N) is 1. The zero-order valence-corrected chi connectivity index (χ0v) is 13.8. The molecule has 0 aromatic heterocycles. The molecule has 1 rings (SSSR count). The van der Waals surface area contributed by atoms with E-state index < -0.39 is 15.9 Å². The second kappa shape index (κ2) is 9.67. The van der Waals surface area contributed by atoms with Crippen LogP contribution in [0.4, 0.5) is 5.69 Å².